The van der Waals surface area contributed by atoms with Crippen LogP contribution in [0.25, 0.3) is 0 Å². The molecular formula is C13H20O3. The highest BCUT2D eigenvalue weighted by molar-refractivity contribution is 5.87. The van der Waals surface area contributed by atoms with Gasteiger partial charge in [-0.1, -0.05) is 12.8 Å². The lowest BCUT2D eigenvalue weighted by Crippen LogP contribution is -2.34. The van der Waals surface area contributed by atoms with Gasteiger partial charge in [0.25, 0.3) is 0 Å². The summed E-state index contributed by atoms with van der Waals surface area (Å²) in [4.78, 5) is 23.2. The van der Waals surface area contributed by atoms with Crippen molar-refractivity contribution in [1.29, 1.82) is 0 Å². The molecule has 2 unspecified atom stereocenters. The van der Waals surface area contributed by atoms with Gasteiger partial charge in [0.2, 0.25) is 0 Å². The zero-order valence-electron chi connectivity index (χ0n) is 9.91. The van der Waals surface area contributed by atoms with Crippen LogP contribution < -0.4 is 0 Å². The highest BCUT2D eigenvalue weighted by atomic mass is 16.5. The molecule has 0 heterocycles. The van der Waals surface area contributed by atoms with Gasteiger partial charge in [-0.3, -0.25) is 9.59 Å². The normalized spacial score (nSPS) is 35.1. The van der Waals surface area contributed by atoms with Gasteiger partial charge in [0, 0.05) is 12.8 Å². The van der Waals surface area contributed by atoms with Crippen molar-refractivity contribution < 1.29 is 14.3 Å². The first-order valence-corrected chi connectivity index (χ1v) is 6.39. The maximum Gasteiger partial charge on any atom is 0.303 e. The summed E-state index contributed by atoms with van der Waals surface area (Å²) >= 11 is 0. The van der Waals surface area contributed by atoms with Crippen molar-refractivity contribution >= 4 is 11.8 Å². The molecule has 0 aromatic carbocycles. The van der Waals surface area contributed by atoms with Gasteiger partial charge in [-0.15, -0.1) is 0 Å². The van der Waals surface area contributed by atoms with E-state index in [4.69, 9.17) is 4.74 Å². The molecular weight excluding hydrogens is 204 g/mol. The number of hydrogen-bond donors (Lipinski definition) is 0. The van der Waals surface area contributed by atoms with Crippen molar-refractivity contribution in [2.24, 2.45) is 11.8 Å². The monoisotopic (exact) mass is 224 g/mol. The van der Waals surface area contributed by atoms with E-state index in [0.717, 1.165) is 32.1 Å². The Morgan fingerprint density at radius 1 is 1.12 bits per heavy atom. The molecule has 3 nitrogen and oxygen atoms in total. The average molecular weight is 224 g/mol. The van der Waals surface area contributed by atoms with Gasteiger partial charge in [0.15, 0.2) is 11.9 Å². The van der Waals surface area contributed by atoms with Gasteiger partial charge in [0.1, 0.15) is 0 Å². The first-order valence-electron chi connectivity index (χ1n) is 6.39. The van der Waals surface area contributed by atoms with Crippen LogP contribution >= 0.6 is 0 Å². The minimum absolute atomic E-state index is 0.167. The van der Waals surface area contributed by atoms with Gasteiger partial charge in [0.05, 0.1) is 0 Å². The Kier molecular flexibility index (Phi) is 3.62. The molecule has 2 aliphatic rings. The maximum absolute atomic E-state index is 12.2. The lowest BCUT2D eigenvalue weighted by Gasteiger charge is -2.29. The van der Waals surface area contributed by atoms with E-state index in [9.17, 15) is 9.59 Å². The van der Waals surface area contributed by atoms with Gasteiger partial charge in [-0.2, -0.15) is 0 Å². The fourth-order valence-corrected chi connectivity index (χ4v) is 3.19. The molecule has 0 aromatic heterocycles. The van der Waals surface area contributed by atoms with E-state index in [1.807, 2.05) is 0 Å². The van der Waals surface area contributed by atoms with Crippen LogP contribution in [0.2, 0.25) is 0 Å². The topological polar surface area (TPSA) is 43.4 Å². The molecule has 0 aromatic rings. The highest BCUT2D eigenvalue weighted by Crippen LogP contribution is 2.38. The number of hydrogen-bond acceptors (Lipinski definition) is 3. The number of ether oxygens (including phenoxy) is 1. The lowest BCUT2D eigenvalue weighted by atomic mass is 9.76. The fourth-order valence-electron chi connectivity index (χ4n) is 3.19. The zero-order valence-corrected chi connectivity index (χ0v) is 9.91. The molecule has 0 aliphatic heterocycles. The van der Waals surface area contributed by atoms with Crippen molar-refractivity contribution in [3.63, 3.8) is 0 Å². The molecule has 0 saturated heterocycles. The van der Waals surface area contributed by atoms with E-state index < -0.39 is 6.10 Å². The second kappa shape index (κ2) is 4.98. The lowest BCUT2D eigenvalue weighted by molar-refractivity contribution is -0.155. The number of carbonyl (C=O) groups excluding carboxylic acids is 2. The number of rotatable bonds is 1. The molecule has 0 spiro atoms. The summed E-state index contributed by atoms with van der Waals surface area (Å²) in [5, 5.41) is 0. The van der Waals surface area contributed by atoms with Crippen LogP contribution in [0.3, 0.4) is 0 Å². The smallest absolute Gasteiger partial charge is 0.303 e. The van der Waals surface area contributed by atoms with E-state index in [1.54, 1.807) is 0 Å². The summed E-state index contributed by atoms with van der Waals surface area (Å²) in [6.45, 7) is 1.39. The highest BCUT2D eigenvalue weighted by Gasteiger charge is 2.38. The second-order valence-electron chi connectivity index (χ2n) is 5.08. The molecule has 2 fully saturated rings. The van der Waals surface area contributed by atoms with E-state index in [0.29, 0.717) is 5.92 Å². The van der Waals surface area contributed by atoms with Gasteiger partial charge in [-0.25, -0.2) is 0 Å². The molecule has 0 radical (unpaired) electrons. The van der Waals surface area contributed by atoms with Crippen LogP contribution in [-0.2, 0) is 14.3 Å². The first-order chi connectivity index (χ1) is 7.68. The van der Waals surface area contributed by atoms with Gasteiger partial charge >= 0.3 is 5.97 Å². The summed E-state index contributed by atoms with van der Waals surface area (Å²) < 4.78 is 5.14. The minimum Gasteiger partial charge on any atom is -0.455 e. The van der Waals surface area contributed by atoms with Crippen LogP contribution in [0, 0.1) is 11.8 Å². The number of Topliss-reactive ketones (excluding diaryl/α,β-unsaturated/α-hetero) is 1. The third-order valence-electron chi connectivity index (χ3n) is 3.94. The van der Waals surface area contributed by atoms with Crippen LogP contribution in [-0.4, -0.2) is 17.9 Å². The van der Waals surface area contributed by atoms with Crippen LogP contribution in [0.4, 0.5) is 0 Å². The maximum atomic E-state index is 12.2. The molecule has 2 rings (SSSR count). The van der Waals surface area contributed by atoms with Gasteiger partial charge in [-0.05, 0) is 38.0 Å². The fraction of sp³-hybridized carbons (Fsp3) is 0.846. The number of esters is 1. The molecule has 3 atom stereocenters. The molecule has 16 heavy (non-hydrogen) atoms. The average Bonchev–Trinajstić information content (AvgIpc) is 2.40. The molecule has 2 saturated carbocycles. The summed E-state index contributed by atoms with van der Waals surface area (Å²) in [5.74, 6) is 0.590. The molecule has 2 aliphatic carbocycles. The van der Waals surface area contributed by atoms with Gasteiger partial charge < -0.3 is 4.74 Å². The summed E-state index contributed by atoms with van der Waals surface area (Å²) in [5.41, 5.74) is 0. The summed E-state index contributed by atoms with van der Waals surface area (Å²) in [6.07, 6.45) is 7.02. The SMILES string of the molecule is CC(=O)O[C@@H]1CCCC2CCCCC2C1=O. The van der Waals surface area contributed by atoms with Crippen molar-refractivity contribution in [1.82, 2.24) is 0 Å². The number of carbonyl (C=O) groups is 2. The zero-order chi connectivity index (χ0) is 11.5. The molecule has 0 bridgehead atoms. The molecule has 3 heteroatoms. The Morgan fingerprint density at radius 2 is 1.81 bits per heavy atom. The van der Waals surface area contributed by atoms with Crippen LogP contribution in [0.15, 0.2) is 0 Å². The van der Waals surface area contributed by atoms with E-state index in [2.05, 4.69) is 0 Å². The van der Waals surface area contributed by atoms with Crippen molar-refractivity contribution in [2.75, 3.05) is 0 Å². The predicted octanol–water partition coefficient (Wildman–Crippen LogP) is 2.48. The summed E-state index contributed by atoms with van der Waals surface area (Å²) in [7, 11) is 0. The van der Waals surface area contributed by atoms with Crippen LogP contribution in [0.1, 0.15) is 51.9 Å². The Morgan fingerprint density at radius 3 is 2.56 bits per heavy atom. The summed E-state index contributed by atoms with van der Waals surface area (Å²) in [6, 6.07) is 0. The predicted molar refractivity (Wildman–Crippen MR) is 59.9 cm³/mol. The standard InChI is InChI=1S/C13H20O3/c1-9(14)16-12-8-4-6-10-5-2-3-7-11(10)13(12)15/h10-12H,2-8H2,1H3/t10?,11?,12-/m1/s1. The molecule has 0 N–H and O–H groups in total. The van der Waals surface area contributed by atoms with Crippen molar-refractivity contribution in [3.8, 4) is 0 Å². The van der Waals surface area contributed by atoms with E-state index >= 15 is 0 Å². The number of fused-ring (bicyclic) bond motifs is 1. The Hall–Kier alpha value is -0.860. The third-order valence-corrected chi connectivity index (χ3v) is 3.94. The minimum atomic E-state index is -0.453. The van der Waals surface area contributed by atoms with Crippen molar-refractivity contribution in [2.45, 2.75) is 58.0 Å². The molecule has 0 amide bonds. The second-order valence-corrected chi connectivity index (χ2v) is 5.08. The first kappa shape index (κ1) is 11.6. The number of ketones is 1. The molecule has 90 valence electrons. The largest absolute Gasteiger partial charge is 0.455 e. The Balaban J connectivity index is 2.07. The van der Waals surface area contributed by atoms with E-state index in [1.165, 1.54) is 19.8 Å². The van der Waals surface area contributed by atoms with E-state index in [-0.39, 0.29) is 17.7 Å². The van der Waals surface area contributed by atoms with Crippen molar-refractivity contribution in [3.05, 3.63) is 0 Å². The Bertz CT molecular complexity index is 285. The van der Waals surface area contributed by atoms with Crippen LogP contribution in [0.5, 0.6) is 0 Å². The Labute approximate surface area is 96.5 Å². The quantitative estimate of drug-likeness (QED) is 0.643. The third kappa shape index (κ3) is 2.45.